The van der Waals surface area contributed by atoms with E-state index < -0.39 is 5.54 Å². The molecule has 0 saturated carbocycles. The van der Waals surface area contributed by atoms with Crippen LogP contribution in [0.4, 0.5) is 4.39 Å². The van der Waals surface area contributed by atoms with E-state index >= 15 is 0 Å². The number of esters is 1. The number of carbonyl (C=O) groups is 1. The highest BCUT2D eigenvalue weighted by Crippen LogP contribution is 2.30. The molecule has 0 aliphatic carbocycles. The van der Waals surface area contributed by atoms with Gasteiger partial charge in [0.25, 0.3) is 0 Å². The van der Waals surface area contributed by atoms with Gasteiger partial charge in [0.1, 0.15) is 11.9 Å². The van der Waals surface area contributed by atoms with Crippen molar-refractivity contribution >= 4 is 17.5 Å². The van der Waals surface area contributed by atoms with Crippen LogP contribution in [0.5, 0.6) is 0 Å². The van der Waals surface area contributed by atoms with E-state index in [-0.39, 0.29) is 30.4 Å². The molecule has 0 amide bonds. The van der Waals surface area contributed by atoms with Crippen molar-refractivity contribution in [2.24, 2.45) is 21.6 Å². The Labute approximate surface area is 160 Å². The number of nitrogens with two attached hydrogens (primary N) is 1. The molecule has 2 rings (SSSR count). The number of benzene rings is 1. The van der Waals surface area contributed by atoms with Crippen molar-refractivity contribution in [1.82, 2.24) is 0 Å². The predicted molar refractivity (Wildman–Crippen MR) is 107 cm³/mol. The number of cyclic esters (lactones) is 1. The molecule has 27 heavy (non-hydrogen) atoms. The Morgan fingerprint density at radius 2 is 2.07 bits per heavy atom. The first-order chi connectivity index (χ1) is 12.7. The van der Waals surface area contributed by atoms with Gasteiger partial charge < -0.3 is 10.5 Å². The second-order valence-electron chi connectivity index (χ2n) is 7.35. The molecule has 1 aliphatic heterocycles. The molecule has 2 N–H and O–H groups in total. The molecule has 0 bridgehead atoms. The van der Waals surface area contributed by atoms with E-state index in [1.54, 1.807) is 13.8 Å². The maximum Gasteiger partial charge on any atom is 0.334 e. The van der Waals surface area contributed by atoms with Gasteiger partial charge in [0.05, 0.1) is 18.1 Å². The quantitative estimate of drug-likeness (QED) is 0.448. The summed E-state index contributed by atoms with van der Waals surface area (Å²) in [6.07, 6.45) is 1.75. The van der Waals surface area contributed by atoms with Gasteiger partial charge in [-0.05, 0) is 38.2 Å². The summed E-state index contributed by atoms with van der Waals surface area (Å²) < 4.78 is 19.5. The zero-order valence-electron chi connectivity index (χ0n) is 16.4. The topological polar surface area (TPSA) is 77.0 Å². The van der Waals surface area contributed by atoms with E-state index in [4.69, 9.17) is 15.5 Å². The third-order valence-electron chi connectivity index (χ3n) is 4.46. The number of carbonyl (C=O) groups excluding carboxylic acids is 1. The number of amidine groups is 1. The number of halogens is 1. The van der Waals surface area contributed by atoms with E-state index in [0.29, 0.717) is 18.7 Å². The zero-order chi connectivity index (χ0) is 20.0. The van der Waals surface area contributed by atoms with Gasteiger partial charge in [-0.1, -0.05) is 50.3 Å². The standard InChI is InChI=1S/C21H28FN3O2/c1-14(2)19-18(16-9-6-5-7-10-16)25-21(4,20(26)27-19)12-8-11-17(22)13-24-15(3)23/h5-7,9-11,14,19H,8,12-13H2,1-4H3,(H2,23,24)/t19-,21+/m1/s1. The molecule has 1 heterocycles. The van der Waals surface area contributed by atoms with Gasteiger partial charge in [-0.3, -0.25) is 9.98 Å². The summed E-state index contributed by atoms with van der Waals surface area (Å²) in [6.45, 7) is 7.26. The van der Waals surface area contributed by atoms with Crippen molar-refractivity contribution in [3.63, 3.8) is 0 Å². The molecular weight excluding hydrogens is 345 g/mol. The first kappa shape index (κ1) is 20.8. The Morgan fingerprint density at radius 3 is 2.67 bits per heavy atom. The zero-order valence-corrected chi connectivity index (χ0v) is 16.4. The van der Waals surface area contributed by atoms with Crippen LogP contribution in [-0.2, 0) is 9.53 Å². The minimum atomic E-state index is -1.04. The van der Waals surface area contributed by atoms with Crippen LogP contribution in [0.3, 0.4) is 0 Å². The van der Waals surface area contributed by atoms with Gasteiger partial charge in [-0.25, -0.2) is 9.18 Å². The van der Waals surface area contributed by atoms with Gasteiger partial charge in [0.15, 0.2) is 5.54 Å². The second kappa shape index (κ2) is 8.93. The molecule has 1 aromatic carbocycles. The van der Waals surface area contributed by atoms with E-state index in [9.17, 15) is 9.18 Å². The highest BCUT2D eigenvalue weighted by molar-refractivity contribution is 6.08. The highest BCUT2D eigenvalue weighted by atomic mass is 19.1. The lowest BCUT2D eigenvalue weighted by Crippen LogP contribution is -2.48. The van der Waals surface area contributed by atoms with Crippen LogP contribution in [0.1, 0.15) is 46.1 Å². The van der Waals surface area contributed by atoms with Crippen LogP contribution in [0, 0.1) is 5.92 Å². The highest BCUT2D eigenvalue weighted by Gasteiger charge is 2.42. The van der Waals surface area contributed by atoms with Gasteiger partial charge in [0.2, 0.25) is 0 Å². The van der Waals surface area contributed by atoms with Crippen molar-refractivity contribution in [3.05, 3.63) is 47.8 Å². The van der Waals surface area contributed by atoms with Crippen LogP contribution in [0.15, 0.2) is 52.2 Å². The fourth-order valence-corrected chi connectivity index (χ4v) is 2.90. The van der Waals surface area contributed by atoms with Gasteiger partial charge in [-0.15, -0.1) is 0 Å². The summed E-state index contributed by atoms with van der Waals surface area (Å²) in [5.74, 6) is -0.309. The summed E-state index contributed by atoms with van der Waals surface area (Å²) in [7, 11) is 0. The van der Waals surface area contributed by atoms with E-state index in [1.165, 1.54) is 6.08 Å². The maximum absolute atomic E-state index is 13.8. The van der Waals surface area contributed by atoms with Gasteiger partial charge in [-0.2, -0.15) is 0 Å². The molecule has 0 aromatic heterocycles. The van der Waals surface area contributed by atoms with E-state index in [2.05, 4.69) is 4.99 Å². The molecule has 146 valence electrons. The molecular formula is C21H28FN3O2. The van der Waals surface area contributed by atoms with Crippen molar-refractivity contribution in [2.45, 2.75) is 52.2 Å². The van der Waals surface area contributed by atoms with Crippen molar-refractivity contribution in [3.8, 4) is 0 Å². The molecule has 6 heteroatoms. The summed E-state index contributed by atoms with van der Waals surface area (Å²) >= 11 is 0. The number of nitrogens with zero attached hydrogens (tertiary/aromatic N) is 2. The Morgan fingerprint density at radius 1 is 1.41 bits per heavy atom. The number of allylic oxidation sites excluding steroid dienone is 1. The Hall–Kier alpha value is -2.50. The number of rotatable bonds is 7. The molecule has 0 radical (unpaired) electrons. The van der Waals surface area contributed by atoms with Gasteiger partial charge in [0, 0.05) is 0 Å². The average molecular weight is 373 g/mol. The van der Waals surface area contributed by atoms with E-state index in [0.717, 1.165) is 11.3 Å². The largest absolute Gasteiger partial charge is 0.454 e. The normalized spacial score (nSPS) is 24.0. The minimum absolute atomic E-state index is 0.0859. The molecule has 0 fully saturated rings. The Kier molecular flexibility index (Phi) is 6.88. The number of aliphatic imine (C=N–C) groups is 2. The second-order valence-corrected chi connectivity index (χ2v) is 7.35. The first-order valence-corrected chi connectivity index (χ1v) is 9.20. The maximum atomic E-state index is 13.8. The number of ether oxygens (including phenoxy) is 1. The monoisotopic (exact) mass is 373 g/mol. The average Bonchev–Trinajstić information content (AvgIpc) is 2.62. The molecule has 1 aliphatic rings. The summed E-state index contributed by atoms with van der Waals surface area (Å²) in [5, 5.41) is 0. The van der Waals surface area contributed by atoms with Crippen molar-refractivity contribution < 1.29 is 13.9 Å². The van der Waals surface area contributed by atoms with Crippen LogP contribution < -0.4 is 5.73 Å². The van der Waals surface area contributed by atoms with E-state index in [1.807, 2.05) is 44.2 Å². The lowest BCUT2D eigenvalue weighted by atomic mass is 9.89. The molecule has 5 nitrogen and oxygen atoms in total. The lowest BCUT2D eigenvalue weighted by molar-refractivity contribution is -0.155. The predicted octanol–water partition coefficient (Wildman–Crippen LogP) is 3.83. The van der Waals surface area contributed by atoms with Crippen LogP contribution in [0.25, 0.3) is 0 Å². The number of hydrogen-bond donors (Lipinski definition) is 1. The van der Waals surface area contributed by atoms with Gasteiger partial charge >= 0.3 is 5.97 Å². The molecule has 0 unspecified atom stereocenters. The molecule has 0 saturated heterocycles. The summed E-state index contributed by atoms with van der Waals surface area (Å²) in [6, 6.07) is 9.71. The molecule has 2 atom stereocenters. The smallest absolute Gasteiger partial charge is 0.334 e. The fraction of sp³-hybridized carbons (Fsp3) is 0.476. The van der Waals surface area contributed by atoms with Crippen LogP contribution >= 0.6 is 0 Å². The number of hydrogen-bond acceptors (Lipinski definition) is 4. The lowest BCUT2D eigenvalue weighted by Gasteiger charge is -2.35. The SMILES string of the molecule is CC(N)=NCC(F)=CCC[C@]1(C)N=C(c2ccccc2)[C@@H](C(C)C)OC1=O. The Balaban J connectivity index is 2.23. The molecule has 0 spiro atoms. The van der Waals surface area contributed by atoms with Crippen molar-refractivity contribution in [1.29, 1.82) is 0 Å². The summed E-state index contributed by atoms with van der Waals surface area (Å²) in [5.41, 5.74) is 6.07. The van der Waals surface area contributed by atoms with Crippen LogP contribution in [-0.4, -0.2) is 35.7 Å². The summed E-state index contributed by atoms with van der Waals surface area (Å²) in [4.78, 5) is 21.2. The third-order valence-corrected chi connectivity index (χ3v) is 4.46. The molecule has 1 aromatic rings. The Bertz CT molecular complexity index is 752. The first-order valence-electron chi connectivity index (χ1n) is 9.20. The third kappa shape index (κ3) is 5.49. The fourth-order valence-electron chi connectivity index (χ4n) is 2.90. The van der Waals surface area contributed by atoms with Crippen molar-refractivity contribution in [2.75, 3.05) is 6.54 Å². The van der Waals surface area contributed by atoms with Crippen LogP contribution in [0.2, 0.25) is 0 Å². The minimum Gasteiger partial charge on any atom is -0.454 e.